The molecule has 36 heavy (non-hydrogen) atoms. The Balaban J connectivity index is 1.53. The highest BCUT2D eigenvalue weighted by molar-refractivity contribution is 7.21. The Bertz CT molecular complexity index is 1420. The number of nitrogens with one attached hydrogen (secondary N) is 1. The Hall–Kier alpha value is -3.64. The fourth-order valence-corrected chi connectivity index (χ4v) is 5.27. The molecule has 0 radical (unpaired) electrons. The van der Waals surface area contributed by atoms with Gasteiger partial charge in [-0.05, 0) is 56.3 Å². The molecule has 8 nitrogen and oxygen atoms in total. The minimum atomic E-state index is -4.74. The molecule has 1 saturated heterocycles. The quantitative estimate of drug-likeness (QED) is 0.348. The highest BCUT2D eigenvalue weighted by atomic mass is 32.1. The van der Waals surface area contributed by atoms with Gasteiger partial charge in [0.2, 0.25) is 0 Å². The van der Waals surface area contributed by atoms with Crippen LogP contribution in [0, 0.1) is 0 Å². The largest absolute Gasteiger partial charge is 0.464 e. The van der Waals surface area contributed by atoms with Crippen LogP contribution in [-0.4, -0.2) is 34.8 Å². The number of furan rings is 2. The van der Waals surface area contributed by atoms with E-state index in [9.17, 15) is 22.8 Å². The van der Waals surface area contributed by atoms with Crippen molar-refractivity contribution in [3.8, 4) is 11.3 Å². The molecular weight excluding hydrogens is 497 g/mol. The third-order valence-electron chi connectivity index (χ3n) is 5.92. The zero-order chi connectivity index (χ0) is 25.4. The van der Waals surface area contributed by atoms with E-state index in [1.165, 1.54) is 30.9 Å². The van der Waals surface area contributed by atoms with Gasteiger partial charge in [0.1, 0.15) is 26.9 Å². The minimum Gasteiger partial charge on any atom is -0.464 e. The second-order valence-corrected chi connectivity index (χ2v) is 9.44. The van der Waals surface area contributed by atoms with E-state index in [1.807, 2.05) is 0 Å². The number of thiophene rings is 1. The zero-order valence-electron chi connectivity index (χ0n) is 18.9. The summed E-state index contributed by atoms with van der Waals surface area (Å²) < 4.78 is 51.7. The maximum absolute atomic E-state index is 13.5. The summed E-state index contributed by atoms with van der Waals surface area (Å²) in [5, 5.41) is 2.72. The van der Waals surface area contributed by atoms with E-state index in [0.29, 0.717) is 23.6 Å². The van der Waals surface area contributed by atoms with E-state index in [0.717, 1.165) is 32.0 Å². The maximum atomic E-state index is 13.5. The van der Waals surface area contributed by atoms with E-state index in [1.54, 1.807) is 6.07 Å². The number of halogens is 3. The first-order valence-electron chi connectivity index (χ1n) is 11.2. The molecule has 0 saturated carbocycles. The standard InChI is InChI=1S/C24H21F3N4O4S/c25-24(26,27)17-11-14(15-5-4-10-34-15)18-19(20(21(28)32)36-23(18)29-17)30-22(33)16-7-6-13(35-16)12-31-8-2-1-3-9-31/h4-7,10-11H,1-3,8-9,12H2,(H2,28,32)(H,30,33). The summed E-state index contributed by atoms with van der Waals surface area (Å²) in [4.78, 5) is 30.9. The predicted molar refractivity (Wildman–Crippen MR) is 127 cm³/mol. The van der Waals surface area contributed by atoms with Crippen molar-refractivity contribution >= 4 is 39.1 Å². The summed E-state index contributed by atoms with van der Waals surface area (Å²) in [5.74, 6) is -0.875. The number of fused-ring (bicyclic) bond motifs is 1. The van der Waals surface area contributed by atoms with E-state index in [2.05, 4.69) is 15.2 Å². The molecule has 0 aromatic carbocycles. The molecule has 0 spiro atoms. The lowest BCUT2D eigenvalue weighted by molar-refractivity contribution is -0.140. The lowest BCUT2D eigenvalue weighted by Crippen LogP contribution is -2.28. The number of rotatable bonds is 6. The van der Waals surface area contributed by atoms with Gasteiger partial charge in [0, 0.05) is 10.9 Å². The van der Waals surface area contributed by atoms with Crippen molar-refractivity contribution < 1.29 is 31.6 Å². The number of alkyl halides is 3. The average Bonchev–Trinajstić information content (AvgIpc) is 3.59. The Morgan fingerprint density at radius 2 is 1.94 bits per heavy atom. The second-order valence-electron chi connectivity index (χ2n) is 8.44. The van der Waals surface area contributed by atoms with Crippen LogP contribution < -0.4 is 11.1 Å². The molecule has 5 heterocycles. The zero-order valence-corrected chi connectivity index (χ0v) is 19.7. The first-order chi connectivity index (χ1) is 17.2. The molecule has 4 aromatic heterocycles. The molecule has 0 aliphatic carbocycles. The SMILES string of the molecule is NC(=O)c1sc2nc(C(F)(F)F)cc(-c3ccco3)c2c1NC(=O)c1ccc(CN2CCCCC2)o1. The number of pyridine rings is 1. The lowest BCUT2D eigenvalue weighted by Gasteiger charge is -2.25. The van der Waals surface area contributed by atoms with E-state index < -0.39 is 23.7 Å². The smallest absolute Gasteiger partial charge is 0.433 e. The van der Waals surface area contributed by atoms with E-state index >= 15 is 0 Å². The fraction of sp³-hybridized carbons (Fsp3) is 0.292. The summed E-state index contributed by atoms with van der Waals surface area (Å²) in [6.07, 6.45) is -0.0249. The molecule has 12 heteroatoms. The summed E-state index contributed by atoms with van der Waals surface area (Å²) >= 11 is 0.660. The van der Waals surface area contributed by atoms with Crippen molar-refractivity contribution in [2.24, 2.45) is 5.73 Å². The number of likely N-dealkylation sites (tertiary alicyclic amines) is 1. The number of primary amides is 1. The highest BCUT2D eigenvalue weighted by Gasteiger charge is 2.35. The summed E-state index contributed by atoms with van der Waals surface area (Å²) in [6.45, 7) is 2.47. The monoisotopic (exact) mass is 518 g/mol. The van der Waals surface area contributed by atoms with Crippen molar-refractivity contribution in [1.82, 2.24) is 9.88 Å². The normalized spacial score (nSPS) is 14.9. The van der Waals surface area contributed by atoms with Crippen LogP contribution in [0.2, 0.25) is 0 Å². The molecule has 188 valence electrons. The summed E-state index contributed by atoms with van der Waals surface area (Å²) in [7, 11) is 0. The fourth-order valence-electron chi connectivity index (χ4n) is 4.26. The van der Waals surface area contributed by atoms with Crippen LogP contribution in [0.5, 0.6) is 0 Å². The van der Waals surface area contributed by atoms with Crippen molar-refractivity contribution in [3.05, 3.63) is 58.7 Å². The Kier molecular flexibility index (Phi) is 6.31. The van der Waals surface area contributed by atoms with Gasteiger partial charge in [-0.2, -0.15) is 13.2 Å². The number of carbonyl (C=O) groups is 2. The van der Waals surface area contributed by atoms with Crippen LogP contribution >= 0.6 is 11.3 Å². The lowest BCUT2D eigenvalue weighted by atomic mass is 10.1. The molecule has 4 aromatic rings. The van der Waals surface area contributed by atoms with Gasteiger partial charge in [-0.3, -0.25) is 14.5 Å². The van der Waals surface area contributed by atoms with E-state index in [-0.39, 0.29) is 37.9 Å². The van der Waals surface area contributed by atoms with Crippen LogP contribution in [0.3, 0.4) is 0 Å². The van der Waals surface area contributed by atoms with Crippen LogP contribution in [0.4, 0.5) is 18.9 Å². The predicted octanol–water partition coefficient (Wildman–Crippen LogP) is 5.51. The Morgan fingerprint density at radius 3 is 2.61 bits per heavy atom. The van der Waals surface area contributed by atoms with Gasteiger partial charge in [-0.25, -0.2) is 4.98 Å². The van der Waals surface area contributed by atoms with Crippen LogP contribution in [0.15, 0.2) is 45.4 Å². The van der Waals surface area contributed by atoms with Crippen molar-refractivity contribution in [2.75, 3.05) is 18.4 Å². The van der Waals surface area contributed by atoms with Crippen LogP contribution in [0.1, 0.15) is 50.9 Å². The Morgan fingerprint density at radius 1 is 1.17 bits per heavy atom. The van der Waals surface area contributed by atoms with Crippen molar-refractivity contribution in [2.45, 2.75) is 32.0 Å². The number of anilines is 1. The molecule has 0 bridgehead atoms. The van der Waals surface area contributed by atoms with Gasteiger partial charge in [-0.15, -0.1) is 11.3 Å². The molecule has 0 unspecified atom stereocenters. The third kappa shape index (κ3) is 4.73. The molecular formula is C24H21F3N4O4S. The van der Waals surface area contributed by atoms with Gasteiger partial charge in [0.15, 0.2) is 5.76 Å². The van der Waals surface area contributed by atoms with Crippen LogP contribution in [0.25, 0.3) is 21.5 Å². The molecule has 1 aliphatic heterocycles. The van der Waals surface area contributed by atoms with Gasteiger partial charge >= 0.3 is 6.18 Å². The molecule has 3 N–H and O–H groups in total. The second kappa shape index (κ2) is 9.43. The Labute approximate surface area is 206 Å². The number of nitrogens with two attached hydrogens (primary N) is 1. The highest BCUT2D eigenvalue weighted by Crippen LogP contribution is 2.43. The topological polar surface area (TPSA) is 115 Å². The summed E-state index contributed by atoms with van der Waals surface area (Å²) in [6, 6.07) is 7.02. The first-order valence-corrected chi connectivity index (χ1v) is 12.0. The number of amides is 2. The van der Waals surface area contributed by atoms with Crippen molar-refractivity contribution in [1.29, 1.82) is 0 Å². The first kappa shape index (κ1) is 24.1. The van der Waals surface area contributed by atoms with Crippen LogP contribution in [-0.2, 0) is 12.7 Å². The number of hydrogen-bond acceptors (Lipinski definition) is 7. The molecule has 0 atom stereocenters. The maximum Gasteiger partial charge on any atom is 0.433 e. The molecule has 1 aliphatic rings. The number of piperidine rings is 1. The average molecular weight is 519 g/mol. The molecule has 2 amide bonds. The van der Waals surface area contributed by atoms with Gasteiger partial charge in [0.25, 0.3) is 11.8 Å². The molecule has 1 fully saturated rings. The van der Waals surface area contributed by atoms with Crippen molar-refractivity contribution in [3.63, 3.8) is 0 Å². The van der Waals surface area contributed by atoms with Gasteiger partial charge in [-0.1, -0.05) is 6.42 Å². The number of hydrogen-bond donors (Lipinski definition) is 2. The van der Waals surface area contributed by atoms with Gasteiger partial charge < -0.3 is 19.9 Å². The van der Waals surface area contributed by atoms with E-state index in [4.69, 9.17) is 14.6 Å². The molecule has 5 rings (SSSR count). The number of nitrogens with zero attached hydrogens (tertiary/aromatic N) is 2. The number of aromatic nitrogens is 1. The summed E-state index contributed by atoms with van der Waals surface area (Å²) in [5.41, 5.74) is 4.32. The van der Waals surface area contributed by atoms with Gasteiger partial charge in [0.05, 0.1) is 18.5 Å². The minimum absolute atomic E-state index is 0.00352. The number of carbonyl (C=O) groups excluding carboxylic acids is 2. The third-order valence-corrected chi connectivity index (χ3v) is 7.01.